The average molecular weight is 475 g/mol. The van der Waals surface area contributed by atoms with E-state index in [1.807, 2.05) is 31.2 Å². The molecule has 32 heavy (non-hydrogen) atoms. The summed E-state index contributed by atoms with van der Waals surface area (Å²) in [6.45, 7) is 3.85. The van der Waals surface area contributed by atoms with E-state index in [4.69, 9.17) is 23.2 Å². The standard InChI is InChI=1S/C23H24Cl2N4O3/c1-2-23(16-6-8-17(24)9-7-16)21(31)29(22(32)26-23)15-20(30)28-12-10-27(11-13-28)19-5-3-4-18(25)14-19/h3-9,14H,2,10-13,15H2,1H3,(H,26,32). The van der Waals surface area contributed by atoms with Crippen LogP contribution in [-0.4, -0.2) is 60.4 Å². The van der Waals surface area contributed by atoms with Gasteiger partial charge in [0.25, 0.3) is 5.91 Å². The molecule has 2 aromatic rings. The number of amides is 4. The lowest BCUT2D eigenvalue weighted by Crippen LogP contribution is -2.52. The van der Waals surface area contributed by atoms with Crippen molar-refractivity contribution in [1.29, 1.82) is 0 Å². The number of benzene rings is 2. The van der Waals surface area contributed by atoms with Gasteiger partial charge in [-0.25, -0.2) is 4.79 Å². The van der Waals surface area contributed by atoms with Crippen LogP contribution in [0.5, 0.6) is 0 Å². The highest BCUT2D eigenvalue weighted by atomic mass is 35.5. The van der Waals surface area contributed by atoms with Crippen LogP contribution >= 0.6 is 23.2 Å². The summed E-state index contributed by atoms with van der Waals surface area (Å²) in [5, 5.41) is 4.01. The average Bonchev–Trinajstić information content (AvgIpc) is 3.04. The number of hydrogen-bond acceptors (Lipinski definition) is 4. The molecule has 2 aliphatic heterocycles. The predicted molar refractivity (Wildman–Crippen MR) is 124 cm³/mol. The molecule has 4 rings (SSSR count). The smallest absolute Gasteiger partial charge is 0.325 e. The molecule has 1 N–H and O–H groups in total. The van der Waals surface area contributed by atoms with Gasteiger partial charge in [0.05, 0.1) is 0 Å². The molecular weight excluding hydrogens is 451 g/mol. The number of nitrogens with zero attached hydrogens (tertiary/aromatic N) is 3. The van der Waals surface area contributed by atoms with Crippen molar-refractivity contribution >= 4 is 46.7 Å². The molecule has 168 valence electrons. The van der Waals surface area contributed by atoms with Gasteiger partial charge in [0.15, 0.2) is 0 Å². The number of carbonyl (C=O) groups is 3. The molecule has 9 heteroatoms. The molecule has 2 fully saturated rings. The zero-order chi connectivity index (χ0) is 22.9. The van der Waals surface area contributed by atoms with E-state index in [1.165, 1.54) is 0 Å². The fraction of sp³-hybridized carbons (Fsp3) is 0.348. The Morgan fingerprint density at radius 2 is 1.69 bits per heavy atom. The van der Waals surface area contributed by atoms with Crippen molar-refractivity contribution in [2.45, 2.75) is 18.9 Å². The van der Waals surface area contributed by atoms with Gasteiger partial charge >= 0.3 is 6.03 Å². The van der Waals surface area contributed by atoms with E-state index < -0.39 is 17.5 Å². The van der Waals surface area contributed by atoms with Crippen LogP contribution in [0.2, 0.25) is 10.0 Å². The van der Waals surface area contributed by atoms with Crippen LogP contribution in [0.3, 0.4) is 0 Å². The number of imide groups is 1. The monoisotopic (exact) mass is 474 g/mol. The van der Waals surface area contributed by atoms with Crippen LogP contribution < -0.4 is 10.2 Å². The van der Waals surface area contributed by atoms with Crippen LogP contribution in [0.15, 0.2) is 48.5 Å². The highest BCUT2D eigenvalue weighted by Crippen LogP contribution is 2.33. The number of anilines is 1. The number of hydrogen-bond donors (Lipinski definition) is 1. The minimum atomic E-state index is -1.19. The number of nitrogens with one attached hydrogen (secondary N) is 1. The number of rotatable bonds is 5. The molecule has 0 aromatic heterocycles. The SMILES string of the molecule is CCC1(c2ccc(Cl)cc2)NC(=O)N(CC(=O)N2CCN(c3cccc(Cl)c3)CC2)C1=O. The van der Waals surface area contributed by atoms with E-state index in [1.54, 1.807) is 29.2 Å². The predicted octanol–water partition coefficient (Wildman–Crippen LogP) is 3.50. The Morgan fingerprint density at radius 1 is 1.00 bits per heavy atom. The van der Waals surface area contributed by atoms with Gasteiger partial charge in [-0.2, -0.15) is 0 Å². The Kier molecular flexibility index (Phi) is 6.31. The van der Waals surface area contributed by atoms with Crippen LogP contribution in [0.25, 0.3) is 0 Å². The Balaban J connectivity index is 1.42. The van der Waals surface area contributed by atoms with Crippen molar-refractivity contribution in [2.75, 3.05) is 37.6 Å². The molecule has 0 bridgehead atoms. The lowest BCUT2D eigenvalue weighted by atomic mass is 9.87. The summed E-state index contributed by atoms with van der Waals surface area (Å²) in [5.74, 6) is -0.666. The number of carbonyl (C=O) groups excluding carboxylic acids is 3. The molecule has 0 saturated carbocycles. The maximum atomic E-state index is 13.3. The largest absolute Gasteiger partial charge is 0.368 e. The fourth-order valence-electron chi connectivity index (χ4n) is 4.27. The summed E-state index contributed by atoms with van der Waals surface area (Å²) in [4.78, 5) is 43.7. The summed E-state index contributed by atoms with van der Waals surface area (Å²) in [5.41, 5.74) is 0.468. The summed E-state index contributed by atoms with van der Waals surface area (Å²) < 4.78 is 0. The molecule has 2 saturated heterocycles. The normalized spacial score (nSPS) is 21.2. The van der Waals surface area contributed by atoms with Gasteiger partial charge in [0.2, 0.25) is 5.91 Å². The van der Waals surface area contributed by atoms with Gasteiger partial charge in [0, 0.05) is 41.9 Å². The molecule has 2 aromatic carbocycles. The second-order valence-corrected chi connectivity index (χ2v) is 8.81. The first-order valence-corrected chi connectivity index (χ1v) is 11.3. The van der Waals surface area contributed by atoms with Crippen LogP contribution in [0.4, 0.5) is 10.5 Å². The lowest BCUT2D eigenvalue weighted by Gasteiger charge is -2.36. The van der Waals surface area contributed by atoms with E-state index in [-0.39, 0.29) is 12.5 Å². The summed E-state index contributed by atoms with van der Waals surface area (Å²) >= 11 is 12.0. The van der Waals surface area contributed by atoms with Crippen molar-refractivity contribution < 1.29 is 14.4 Å². The van der Waals surface area contributed by atoms with Gasteiger partial charge < -0.3 is 15.1 Å². The molecular formula is C23H24Cl2N4O3. The highest BCUT2D eigenvalue weighted by molar-refractivity contribution is 6.31. The Labute approximate surface area is 196 Å². The van der Waals surface area contributed by atoms with Crippen molar-refractivity contribution in [1.82, 2.24) is 15.1 Å². The Hall–Kier alpha value is -2.77. The third-order valence-electron chi connectivity index (χ3n) is 6.14. The summed E-state index contributed by atoms with van der Waals surface area (Å²) in [6, 6.07) is 13.9. The number of piperazine rings is 1. The third-order valence-corrected chi connectivity index (χ3v) is 6.63. The third kappa shape index (κ3) is 4.14. The highest BCUT2D eigenvalue weighted by Gasteiger charge is 2.51. The Bertz CT molecular complexity index is 1040. The van der Waals surface area contributed by atoms with Crippen LogP contribution in [0.1, 0.15) is 18.9 Å². The number of halogens is 2. The molecule has 2 aliphatic rings. The van der Waals surface area contributed by atoms with E-state index in [9.17, 15) is 14.4 Å². The summed E-state index contributed by atoms with van der Waals surface area (Å²) in [7, 11) is 0. The van der Waals surface area contributed by atoms with Gasteiger partial charge in [-0.15, -0.1) is 0 Å². The summed E-state index contributed by atoms with van der Waals surface area (Å²) in [6.07, 6.45) is 0.363. The molecule has 1 atom stereocenters. The van der Waals surface area contributed by atoms with Gasteiger partial charge in [0.1, 0.15) is 12.1 Å². The van der Waals surface area contributed by atoms with E-state index in [2.05, 4.69) is 10.2 Å². The second-order valence-electron chi connectivity index (χ2n) is 7.93. The van der Waals surface area contributed by atoms with Crippen LogP contribution in [-0.2, 0) is 15.1 Å². The van der Waals surface area contributed by atoms with E-state index >= 15 is 0 Å². The molecule has 1 unspecified atom stereocenters. The quantitative estimate of drug-likeness (QED) is 0.673. The van der Waals surface area contributed by atoms with Gasteiger partial charge in [-0.3, -0.25) is 14.5 Å². The first-order chi connectivity index (χ1) is 15.3. The maximum Gasteiger partial charge on any atom is 0.325 e. The van der Waals surface area contributed by atoms with Gasteiger partial charge in [-0.05, 0) is 42.3 Å². The first-order valence-electron chi connectivity index (χ1n) is 10.5. The van der Waals surface area contributed by atoms with Crippen LogP contribution in [0, 0.1) is 0 Å². The van der Waals surface area contributed by atoms with E-state index in [0.717, 1.165) is 10.6 Å². The molecule has 4 amide bonds. The maximum absolute atomic E-state index is 13.3. The molecule has 0 aliphatic carbocycles. The molecule has 2 heterocycles. The van der Waals surface area contributed by atoms with Crippen molar-refractivity contribution in [3.05, 3.63) is 64.1 Å². The minimum absolute atomic E-state index is 0.248. The molecule has 0 spiro atoms. The van der Waals surface area contributed by atoms with Gasteiger partial charge in [-0.1, -0.05) is 48.3 Å². The fourth-order valence-corrected chi connectivity index (χ4v) is 4.58. The van der Waals surface area contributed by atoms with Crippen molar-refractivity contribution in [3.8, 4) is 0 Å². The topological polar surface area (TPSA) is 73.0 Å². The molecule has 7 nitrogen and oxygen atoms in total. The zero-order valence-electron chi connectivity index (χ0n) is 17.7. The lowest BCUT2D eigenvalue weighted by molar-refractivity contribution is -0.139. The Morgan fingerprint density at radius 3 is 2.31 bits per heavy atom. The minimum Gasteiger partial charge on any atom is -0.368 e. The number of urea groups is 1. The zero-order valence-corrected chi connectivity index (χ0v) is 19.2. The van der Waals surface area contributed by atoms with Crippen molar-refractivity contribution in [2.24, 2.45) is 0 Å². The van der Waals surface area contributed by atoms with Crippen molar-refractivity contribution in [3.63, 3.8) is 0 Å². The first kappa shape index (κ1) is 22.4. The molecule has 0 radical (unpaired) electrons. The van der Waals surface area contributed by atoms with E-state index in [0.29, 0.717) is 48.2 Å². The second kappa shape index (κ2) is 9.00.